The molecule has 84 valence electrons. The molecule has 2 rings (SSSR count). The number of aromatic nitrogens is 1. The minimum atomic E-state index is -0.125. The normalized spacial score (nSPS) is 10.6. The Labute approximate surface area is 93.1 Å². The maximum absolute atomic E-state index is 9.08. The molecule has 1 aromatic carbocycles. The largest absolute Gasteiger partial charge is 0.475 e. The van der Waals surface area contributed by atoms with Gasteiger partial charge in [-0.15, -0.1) is 0 Å². The Morgan fingerprint density at radius 3 is 2.75 bits per heavy atom. The Morgan fingerprint density at radius 2 is 2.00 bits per heavy atom. The Hall–Kier alpha value is -1.65. The third-order valence-electron chi connectivity index (χ3n) is 2.25. The summed E-state index contributed by atoms with van der Waals surface area (Å²) >= 11 is 0. The molecule has 0 aliphatic rings. The van der Waals surface area contributed by atoms with Crippen LogP contribution < -0.4 is 4.74 Å². The molecule has 1 heterocycles. The fourth-order valence-electron chi connectivity index (χ4n) is 1.55. The molecule has 0 spiro atoms. The van der Waals surface area contributed by atoms with Crippen LogP contribution in [-0.2, 0) is 6.61 Å². The zero-order chi connectivity index (χ0) is 11.4. The predicted molar refractivity (Wildman–Crippen MR) is 60.2 cm³/mol. The summed E-state index contributed by atoms with van der Waals surface area (Å²) in [5.41, 5.74) is 0.562. The molecule has 0 amide bonds. The summed E-state index contributed by atoms with van der Waals surface area (Å²) in [5.74, 6) is 0.455. The predicted octanol–water partition coefficient (Wildman–Crippen LogP) is 1.10. The van der Waals surface area contributed by atoms with Gasteiger partial charge in [-0.1, -0.05) is 18.2 Å². The number of benzene rings is 1. The zero-order valence-corrected chi connectivity index (χ0v) is 8.76. The van der Waals surface area contributed by atoms with Crippen LogP contribution in [0, 0.1) is 0 Å². The van der Waals surface area contributed by atoms with Crippen molar-refractivity contribution in [2.75, 3.05) is 13.2 Å². The quantitative estimate of drug-likeness (QED) is 0.808. The van der Waals surface area contributed by atoms with Crippen LogP contribution in [0.25, 0.3) is 10.8 Å². The van der Waals surface area contributed by atoms with Gasteiger partial charge in [-0.25, -0.2) is 4.98 Å². The Kier molecular flexibility index (Phi) is 3.34. The van der Waals surface area contributed by atoms with Crippen molar-refractivity contribution in [2.45, 2.75) is 6.61 Å². The summed E-state index contributed by atoms with van der Waals surface area (Å²) in [6.07, 6.45) is 0. The molecular weight excluding hydrogens is 206 g/mol. The molecule has 0 saturated carbocycles. The Balaban J connectivity index is 2.50. The second-order valence-corrected chi connectivity index (χ2v) is 3.37. The molecule has 16 heavy (non-hydrogen) atoms. The van der Waals surface area contributed by atoms with Crippen molar-refractivity contribution in [2.24, 2.45) is 0 Å². The number of rotatable bonds is 4. The number of ether oxygens (including phenoxy) is 1. The van der Waals surface area contributed by atoms with E-state index in [0.717, 1.165) is 10.8 Å². The third-order valence-corrected chi connectivity index (χ3v) is 2.25. The first-order valence-electron chi connectivity index (χ1n) is 5.08. The van der Waals surface area contributed by atoms with Gasteiger partial charge < -0.3 is 14.9 Å². The Morgan fingerprint density at radius 1 is 1.19 bits per heavy atom. The van der Waals surface area contributed by atoms with Crippen LogP contribution in [0.5, 0.6) is 5.88 Å². The smallest absolute Gasteiger partial charge is 0.221 e. The van der Waals surface area contributed by atoms with Crippen molar-refractivity contribution in [3.63, 3.8) is 0 Å². The second-order valence-electron chi connectivity index (χ2n) is 3.37. The van der Waals surface area contributed by atoms with Crippen LogP contribution in [0.3, 0.4) is 0 Å². The number of hydrogen-bond acceptors (Lipinski definition) is 4. The van der Waals surface area contributed by atoms with Crippen molar-refractivity contribution < 1.29 is 14.9 Å². The molecule has 2 N–H and O–H groups in total. The van der Waals surface area contributed by atoms with Crippen LogP contribution in [0.1, 0.15) is 5.69 Å². The maximum atomic E-state index is 9.08. The van der Waals surface area contributed by atoms with E-state index in [0.29, 0.717) is 11.6 Å². The van der Waals surface area contributed by atoms with Crippen LogP contribution in [-0.4, -0.2) is 28.4 Å². The number of aliphatic hydroxyl groups is 2. The van der Waals surface area contributed by atoms with E-state index in [1.165, 1.54) is 0 Å². The molecule has 0 saturated heterocycles. The van der Waals surface area contributed by atoms with E-state index in [1.54, 1.807) is 0 Å². The molecule has 2 aromatic rings. The molecule has 0 radical (unpaired) electrons. The number of aliphatic hydroxyl groups excluding tert-OH is 2. The molecular formula is C12H13NO3. The number of nitrogens with zero attached hydrogens (tertiary/aromatic N) is 1. The number of hydrogen-bond donors (Lipinski definition) is 2. The van der Waals surface area contributed by atoms with Gasteiger partial charge in [0, 0.05) is 5.39 Å². The molecule has 0 unspecified atom stereocenters. The van der Waals surface area contributed by atoms with Gasteiger partial charge in [-0.3, -0.25) is 0 Å². The van der Waals surface area contributed by atoms with Gasteiger partial charge in [0.15, 0.2) is 0 Å². The highest BCUT2D eigenvalue weighted by molar-refractivity contribution is 5.87. The van der Waals surface area contributed by atoms with Gasteiger partial charge in [0.25, 0.3) is 0 Å². The van der Waals surface area contributed by atoms with Crippen molar-refractivity contribution in [3.8, 4) is 5.88 Å². The van der Waals surface area contributed by atoms with Gasteiger partial charge in [-0.2, -0.15) is 0 Å². The first kappa shape index (κ1) is 10.9. The minimum absolute atomic E-state index is 0.0562. The Bertz CT molecular complexity index is 485. The summed E-state index contributed by atoms with van der Waals surface area (Å²) in [4.78, 5) is 4.17. The average molecular weight is 219 g/mol. The lowest BCUT2D eigenvalue weighted by atomic mass is 10.1. The average Bonchev–Trinajstić information content (AvgIpc) is 2.35. The van der Waals surface area contributed by atoms with Crippen LogP contribution in [0.2, 0.25) is 0 Å². The van der Waals surface area contributed by atoms with E-state index in [9.17, 15) is 0 Å². The van der Waals surface area contributed by atoms with Crippen LogP contribution >= 0.6 is 0 Å². The SMILES string of the molecule is OCCOc1nc(CO)cc2ccccc12. The van der Waals surface area contributed by atoms with Crippen LogP contribution in [0.4, 0.5) is 0 Å². The third kappa shape index (κ3) is 2.13. The van der Waals surface area contributed by atoms with Gasteiger partial charge >= 0.3 is 0 Å². The van der Waals surface area contributed by atoms with E-state index in [4.69, 9.17) is 14.9 Å². The van der Waals surface area contributed by atoms with Crippen molar-refractivity contribution >= 4 is 10.8 Å². The molecule has 0 aliphatic heterocycles. The standard InChI is InChI=1S/C12H13NO3/c14-5-6-16-12-11-4-2-1-3-9(11)7-10(8-15)13-12/h1-4,7,14-15H,5-6,8H2. The van der Waals surface area contributed by atoms with Crippen molar-refractivity contribution in [1.82, 2.24) is 4.98 Å². The molecule has 0 atom stereocenters. The fourth-order valence-corrected chi connectivity index (χ4v) is 1.55. The molecule has 4 heteroatoms. The lowest BCUT2D eigenvalue weighted by Gasteiger charge is -2.08. The van der Waals surface area contributed by atoms with Gasteiger partial charge in [0.2, 0.25) is 5.88 Å². The summed E-state index contributed by atoms with van der Waals surface area (Å²) in [6.45, 7) is 0.0194. The summed E-state index contributed by atoms with van der Waals surface area (Å²) in [6, 6.07) is 9.47. The fraction of sp³-hybridized carbons (Fsp3) is 0.250. The first-order valence-corrected chi connectivity index (χ1v) is 5.08. The molecule has 0 bridgehead atoms. The minimum Gasteiger partial charge on any atom is -0.475 e. The van der Waals surface area contributed by atoms with E-state index in [2.05, 4.69) is 4.98 Å². The molecule has 1 aromatic heterocycles. The highest BCUT2D eigenvalue weighted by Gasteiger charge is 2.05. The number of pyridine rings is 1. The molecule has 0 fully saturated rings. The molecule has 0 aliphatic carbocycles. The second kappa shape index (κ2) is 4.92. The molecule has 4 nitrogen and oxygen atoms in total. The lowest BCUT2D eigenvalue weighted by Crippen LogP contribution is -2.04. The maximum Gasteiger partial charge on any atom is 0.221 e. The first-order chi connectivity index (χ1) is 7.85. The highest BCUT2D eigenvalue weighted by atomic mass is 16.5. The monoisotopic (exact) mass is 219 g/mol. The van der Waals surface area contributed by atoms with E-state index in [-0.39, 0.29) is 19.8 Å². The number of fused-ring (bicyclic) bond motifs is 1. The van der Waals surface area contributed by atoms with Gasteiger partial charge in [-0.05, 0) is 17.5 Å². The van der Waals surface area contributed by atoms with Crippen molar-refractivity contribution in [3.05, 3.63) is 36.0 Å². The topological polar surface area (TPSA) is 62.6 Å². The highest BCUT2D eigenvalue weighted by Crippen LogP contribution is 2.24. The van der Waals surface area contributed by atoms with E-state index < -0.39 is 0 Å². The van der Waals surface area contributed by atoms with E-state index in [1.807, 2.05) is 30.3 Å². The summed E-state index contributed by atoms with van der Waals surface area (Å²) in [5, 5.41) is 19.7. The lowest BCUT2D eigenvalue weighted by molar-refractivity contribution is 0.197. The zero-order valence-electron chi connectivity index (χ0n) is 8.76. The summed E-state index contributed by atoms with van der Waals surface area (Å²) < 4.78 is 5.34. The summed E-state index contributed by atoms with van der Waals surface area (Å²) in [7, 11) is 0. The van der Waals surface area contributed by atoms with E-state index >= 15 is 0 Å². The van der Waals surface area contributed by atoms with Gasteiger partial charge in [0.05, 0.1) is 18.9 Å². The van der Waals surface area contributed by atoms with Gasteiger partial charge in [0.1, 0.15) is 6.61 Å². The van der Waals surface area contributed by atoms with Crippen molar-refractivity contribution in [1.29, 1.82) is 0 Å². The van der Waals surface area contributed by atoms with Crippen LogP contribution in [0.15, 0.2) is 30.3 Å².